The number of unbranched alkanes of at least 4 members (excludes halogenated alkanes) is 1. The van der Waals surface area contributed by atoms with Crippen molar-refractivity contribution in [2.45, 2.75) is 37.1 Å². The van der Waals surface area contributed by atoms with E-state index in [1.54, 1.807) is 0 Å². The highest BCUT2D eigenvalue weighted by Crippen LogP contribution is 2.26. The molecule has 1 atom stereocenters. The predicted octanol–water partition coefficient (Wildman–Crippen LogP) is 1.54. The lowest BCUT2D eigenvalue weighted by Crippen LogP contribution is -2.41. The Balaban J connectivity index is 2.39. The summed E-state index contributed by atoms with van der Waals surface area (Å²) in [5, 5.41) is 8.95. The lowest BCUT2D eigenvalue weighted by molar-refractivity contribution is 0.335. The minimum absolute atomic E-state index is 0.0219. The number of benzene rings is 1. The van der Waals surface area contributed by atoms with Crippen molar-refractivity contribution >= 4 is 19.9 Å². The average Bonchev–Trinajstić information content (AvgIpc) is 2.87. The number of sulfonamides is 1. The van der Waals surface area contributed by atoms with Crippen LogP contribution in [-0.2, 0) is 19.9 Å². The number of nitrogens with zero attached hydrogens (tertiary/aromatic N) is 2. The number of rotatable bonds is 6. The fraction of sp³-hybridized carbons (Fsp3) is 0.533. The van der Waals surface area contributed by atoms with E-state index >= 15 is 0 Å². The summed E-state index contributed by atoms with van der Waals surface area (Å²) in [6.45, 7) is 2.24. The zero-order valence-corrected chi connectivity index (χ0v) is 14.6. The summed E-state index contributed by atoms with van der Waals surface area (Å²) in [4.78, 5) is 0.0388. The molecular weight excluding hydrogens is 336 g/mol. The van der Waals surface area contributed by atoms with Gasteiger partial charge in [0.05, 0.1) is 28.0 Å². The monoisotopic (exact) mass is 356 g/mol. The molecule has 1 heterocycles. The summed E-state index contributed by atoms with van der Waals surface area (Å²) in [7, 11) is -7.00. The van der Waals surface area contributed by atoms with Crippen LogP contribution in [0.15, 0.2) is 29.2 Å². The van der Waals surface area contributed by atoms with E-state index in [0.29, 0.717) is 12.8 Å². The van der Waals surface area contributed by atoms with Crippen molar-refractivity contribution in [2.24, 2.45) is 0 Å². The lowest BCUT2D eigenvalue weighted by atomic mass is 10.2. The van der Waals surface area contributed by atoms with Crippen LogP contribution in [0.4, 0.5) is 0 Å². The molecular formula is C15H20N2O4S2. The third kappa shape index (κ3) is 4.10. The Hall–Kier alpha value is -1.43. The zero-order valence-electron chi connectivity index (χ0n) is 13.0. The summed E-state index contributed by atoms with van der Waals surface area (Å²) < 4.78 is 50.6. The van der Waals surface area contributed by atoms with Gasteiger partial charge in [-0.05, 0) is 31.0 Å². The first kappa shape index (κ1) is 17.9. The maximum Gasteiger partial charge on any atom is 0.243 e. The SMILES string of the molecule is CCCCN([C@@H]1CCS(=O)(=O)C1)S(=O)(=O)c1cccc(C#N)c1. The maximum absolute atomic E-state index is 12.9. The van der Waals surface area contributed by atoms with Crippen LogP contribution in [0.5, 0.6) is 0 Å². The first-order valence-corrected chi connectivity index (χ1v) is 10.8. The molecule has 0 radical (unpaired) electrons. The molecule has 1 aromatic carbocycles. The average molecular weight is 356 g/mol. The molecule has 126 valence electrons. The van der Waals surface area contributed by atoms with E-state index in [1.807, 2.05) is 13.0 Å². The molecule has 8 heteroatoms. The van der Waals surface area contributed by atoms with Gasteiger partial charge in [-0.1, -0.05) is 19.4 Å². The van der Waals surface area contributed by atoms with Gasteiger partial charge >= 0.3 is 0 Å². The summed E-state index contributed by atoms with van der Waals surface area (Å²) in [6, 6.07) is 7.23. The number of sulfone groups is 1. The van der Waals surface area contributed by atoms with Gasteiger partial charge in [0.25, 0.3) is 0 Å². The van der Waals surface area contributed by atoms with Crippen LogP contribution < -0.4 is 0 Å². The van der Waals surface area contributed by atoms with Crippen molar-refractivity contribution in [3.63, 3.8) is 0 Å². The fourth-order valence-corrected chi connectivity index (χ4v) is 6.24. The summed E-state index contributed by atoms with van der Waals surface area (Å²) >= 11 is 0. The Morgan fingerprint density at radius 3 is 2.70 bits per heavy atom. The van der Waals surface area contributed by atoms with E-state index in [1.165, 1.54) is 28.6 Å². The molecule has 0 saturated carbocycles. The largest absolute Gasteiger partial charge is 0.243 e. The summed E-state index contributed by atoms with van der Waals surface area (Å²) in [5.41, 5.74) is 0.264. The second-order valence-corrected chi connectivity index (χ2v) is 9.79. The molecule has 0 N–H and O–H groups in total. The third-order valence-corrected chi connectivity index (χ3v) is 7.62. The highest BCUT2D eigenvalue weighted by Gasteiger charge is 2.38. The summed E-state index contributed by atoms with van der Waals surface area (Å²) in [6.07, 6.45) is 1.79. The smallest absolute Gasteiger partial charge is 0.229 e. The van der Waals surface area contributed by atoms with Gasteiger partial charge < -0.3 is 0 Å². The van der Waals surface area contributed by atoms with Crippen LogP contribution in [0.2, 0.25) is 0 Å². The Bertz CT molecular complexity index is 810. The Morgan fingerprint density at radius 1 is 1.39 bits per heavy atom. The highest BCUT2D eigenvalue weighted by molar-refractivity contribution is 7.92. The molecule has 0 aliphatic carbocycles. The molecule has 1 aliphatic heterocycles. The molecule has 1 aromatic rings. The Labute approximate surface area is 137 Å². The highest BCUT2D eigenvalue weighted by atomic mass is 32.2. The standard InChI is InChI=1S/C15H20N2O4S2/c1-2-3-8-17(14-7-9-22(18,19)12-14)23(20,21)15-6-4-5-13(10-15)11-16/h4-6,10,14H,2-3,7-9,12H2,1H3/t14-/m1/s1. The second kappa shape index (κ2) is 6.99. The van der Waals surface area contributed by atoms with Crippen LogP contribution in [0.1, 0.15) is 31.7 Å². The van der Waals surface area contributed by atoms with Gasteiger partial charge in [0.1, 0.15) is 0 Å². The van der Waals surface area contributed by atoms with Crippen LogP contribution >= 0.6 is 0 Å². The van der Waals surface area contributed by atoms with E-state index in [9.17, 15) is 16.8 Å². The van der Waals surface area contributed by atoms with Crippen molar-refractivity contribution in [1.82, 2.24) is 4.31 Å². The summed E-state index contributed by atoms with van der Waals surface area (Å²) in [5.74, 6) is -0.109. The normalized spacial score (nSPS) is 20.5. The number of nitriles is 1. The van der Waals surface area contributed by atoms with Gasteiger partial charge in [0, 0.05) is 12.6 Å². The van der Waals surface area contributed by atoms with Gasteiger partial charge in [-0.3, -0.25) is 0 Å². The van der Waals surface area contributed by atoms with Crippen molar-refractivity contribution in [1.29, 1.82) is 5.26 Å². The van der Waals surface area contributed by atoms with E-state index in [2.05, 4.69) is 0 Å². The van der Waals surface area contributed by atoms with Crippen molar-refractivity contribution in [2.75, 3.05) is 18.1 Å². The van der Waals surface area contributed by atoms with E-state index in [0.717, 1.165) is 6.42 Å². The van der Waals surface area contributed by atoms with Crippen molar-refractivity contribution in [3.8, 4) is 6.07 Å². The minimum Gasteiger partial charge on any atom is -0.229 e. The van der Waals surface area contributed by atoms with Gasteiger partial charge in [-0.15, -0.1) is 0 Å². The second-order valence-electron chi connectivity index (χ2n) is 5.67. The number of hydrogen-bond acceptors (Lipinski definition) is 5. The maximum atomic E-state index is 12.9. The molecule has 2 rings (SSSR count). The number of hydrogen-bond donors (Lipinski definition) is 0. The first-order chi connectivity index (χ1) is 10.8. The van der Waals surface area contributed by atoms with Crippen LogP contribution in [-0.4, -0.2) is 45.2 Å². The minimum atomic E-state index is -3.82. The van der Waals surface area contributed by atoms with Gasteiger partial charge in [0.15, 0.2) is 9.84 Å². The molecule has 0 aromatic heterocycles. The van der Waals surface area contributed by atoms with Gasteiger partial charge in [0.2, 0.25) is 10.0 Å². The lowest BCUT2D eigenvalue weighted by Gasteiger charge is -2.27. The van der Waals surface area contributed by atoms with E-state index in [-0.39, 0.29) is 28.5 Å². The van der Waals surface area contributed by atoms with E-state index < -0.39 is 25.9 Å². The zero-order chi connectivity index (χ0) is 17.1. The molecule has 1 fully saturated rings. The Morgan fingerprint density at radius 2 is 2.13 bits per heavy atom. The van der Waals surface area contributed by atoms with Crippen LogP contribution in [0, 0.1) is 11.3 Å². The predicted molar refractivity (Wildman–Crippen MR) is 87.0 cm³/mol. The molecule has 0 spiro atoms. The van der Waals surface area contributed by atoms with Crippen LogP contribution in [0.25, 0.3) is 0 Å². The molecule has 1 saturated heterocycles. The van der Waals surface area contributed by atoms with Crippen LogP contribution in [0.3, 0.4) is 0 Å². The molecule has 0 bridgehead atoms. The Kier molecular flexibility index (Phi) is 5.45. The molecule has 1 aliphatic rings. The first-order valence-electron chi connectivity index (χ1n) is 7.52. The quantitative estimate of drug-likeness (QED) is 0.770. The van der Waals surface area contributed by atoms with Gasteiger partial charge in [-0.2, -0.15) is 9.57 Å². The molecule has 0 unspecified atom stereocenters. The third-order valence-electron chi connectivity index (χ3n) is 3.92. The topological polar surface area (TPSA) is 95.3 Å². The van der Waals surface area contributed by atoms with Gasteiger partial charge in [-0.25, -0.2) is 16.8 Å². The van der Waals surface area contributed by atoms with Crippen molar-refractivity contribution < 1.29 is 16.8 Å². The molecule has 23 heavy (non-hydrogen) atoms. The van der Waals surface area contributed by atoms with Crippen molar-refractivity contribution in [3.05, 3.63) is 29.8 Å². The fourth-order valence-electron chi connectivity index (χ4n) is 2.68. The molecule has 6 nitrogen and oxygen atoms in total. The van der Waals surface area contributed by atoms with E-state index in [4.69, 9.17) is 5.26 Å². The molecule has 0 amide bonds.